The topological polar surface area (TPSA) is 90.4 Å². The minimum atomic E-state index is 0.0767. The lowest BCUT2D eigenvalue weighted by molar-refractivity contribution is -0.198. The van der Waals surface area contributed by atoms with E-state index in [0.717, 1.165) is 31.5 Å². The van der Waals surface area contributed by atoms with Crippen LogP contribution in [-0.2, 0) is 6.42 Å². The van der Waals surface area contributed by atoms with Crippen molar-refractivity contribution in [3.05, 3.63) is 11.9 Å². The third-order valence-electron chi connectivity index (χ3n) is 5.80. The van der Waals surface area contributed by atoms with Crippen molar-refractivity contribution in [1.29, 1.82) is 0 Å². The summed E-state index contributed by atoms with van der Waals surface area (Å²) in [5.41, 5.74) is 8.79. The minimum Gasteiger partial charge on any atom is -0.459 e. The Morgan fingerprint density at radius 2 is 2.12 bits per heavy atom. The van der Waals surface area contributed by atoms with Crippen molar-refractivity contribution in [2.75, 3.05) is 19.3 Å². The normalized spacial score (nSPS) is 28.4. The van der Waals surface area contributed by atoms with Gasteiger partial charge < -0.3 is 15.8 Å². The maximum atomic E-state index is 6.08. The summed E-state index contributed by atoms with van der Waals surface area (Å²) < 4.78 is 7.67. The van der Waals surface area contributed by atoms with Crippen LogP contribution < -0.4 is 15.8 Å². The maximum Gasteiger partial charge on any atom is 0.336 e. The highest BCUT2D eigenvalue weighted by molar-refractivity contribution is 5.59. The van der Waals surface area contributed by atoms with Gasteiger partial charge in [-0.3, -0.25) is 0 Å². The minimum absolute atomic E-state index is 0.0767. The van der Waals surface area contributed by atoms with E-state index in [1.165, 1.54) is 19.3 Å². The van der Waals surface area contributed by atoms with Gasteiger partial charge in [-0.05, 0) is 56.9 Å². The molecule has 2 aromatic heterocycles. The molecule has 3 aliphatic rings. The number of ether oxygens (including phenoxy) is 1. The number of rotatable bonds is 8. The molecule has 2 heterocycles. The molecule has 0 amide bonds. The van der Waals surface area contributed by atoms with Crippen LogP contribution in [-0.4, -0.2) is 39.3 Å². The first kappa shape index (κ1) is 16.6. The van der Waals surface area contributed by atoms with Gasteiger partial charge in [0.05, 0.1) is 18.0 Å². The van der Waals surface area contributed by atoms with Gasteiger partial charge in [-0.25, -0.2) is 9.50 Å². The van der Waals surface area contributed by atoms with Gasteiger partial charge in [-0.1, -0.05) is 13.3 Å². The van der Waals surface area contributed by atoms with Gasteiger partial charge in [0.1, 0.15) is 0 Å². The molecule has 7 heteroatoms. The molecule has 3 aliphatic carbocycles. The highest BCUT2D eigenvalue weighted by atomic mass is 16.5. The van der Waals surface area contributed by atoms with Crippen molar-refractivity contribution in [1.82, 2.24) is 24.9 Å². The Balaban J connectivity index is 1.53. The van der Waals surface area contributed by atoms with E-state index in [-0.39, 0.29) is 6.10 Å². The lowest BCUT2D eigenvalue weighted by Gasteiger charge is -2.71. The molecule has 1 atom stereocenters. The lowest BCUT2D eigenvalue weighted by Crippen LogP contribution is -2.65. The Morgan fingerprint density at radius 3 is 2.80 bits per heavy atom. The largest absolute Gasteiger partial charge is 0.459 e. The Morgan fingerprint density at radius 1 is 1.36 bits per heavy atom. The van der Waals surface area contributed by atoms with E-state index in [2.05, 4.69) is 27.3 Å². The molecule has 7 nitrogen and oxygen atoms in total. The standard InChI is InChI=1S/C18H28N6O/c1-4-5-12(2)25-16-22-14(19)15-21-7-13(24(15)23-16)6-17-8-18(9-17,10-17)11-20-3/h7,12,20H,4-6,8-11H2,1-3H3,(H2,19,22,23)/t12-,17?,18?/m0/s1. The first-order valence-corrected chi connectivity index (χ1v) is 9.30. The number of nitrogens with two attached hydrogens (primary N) is 1. The molecule has 0 saturated heterocycles. The SMILES string of the molecule is CCC[C@H](C)Oc1nc(N)c2ncc(CC34CC(CNC)(C3)C4)n2n1. The Hall–Kier alpha value is -1.89. The van der Waals surface area contributed by atoms with E-state index in [1.807, 2.05) is 24.7 Å². The Kier molecular flexibility index (Phi) is 3.86. The monoisotopic (exact) mass is 344 g/mol. The van der Waals surface area contributed by atoms with Crippen LogP contribution in [0, 0.1) is 10.8 Å². The van der Waals surface area contributed by atoms with Crippen molar-refractivity contribution in [2.24, 2.45) is 10.8 Å². The summed E-state index contributed by atoms with van der Waals surface area (Å²) in [7, 11) is 2.04. The average Bonchev–Trinajstić information content (AvgIpc) is 2.87. The van der Waals surface area contributed by atoms with Crippen LogP contribution in [0.15, 0.2) is 6.20 Å². The summed E-state index contributed by atoms with van der Waals surface area (Å²) in [4.78, 5) is 8.70. The fourth-order valence-electron chi connectivity index (χ4n) is 5.11. The van der Waals surface area contributed by atoms with Crippen LogP contribution in [0.5, 0.6) is 6.01 Å². The fourth-order valence-corrected chi connectivity index (χ4v) is 5.11. The van der Waals surface area contributed by atoms with Gasteiger partial charge in [0.15, 0.2) is 11.5 Å². The molecule has 0 radical (unpaired) electrons. The highest BCUT2D eigenvalue weighted by Crippen LogP contribution is 2.74. The number of imidazole rings is 1. The van der Waals surface area contributed by atoms with Crippen LogP contribution in [0.3, 0.4) is 0 Å². The number of nitrogens with zero attached hydrogens (tertiary/aromatic N) is 4. The molecule has 136 valence electrons. The van der Waals surface area contributed by atoms with Crippen molar-refractivity contribution >= 4 is 11.5 Å². The van der Waals surface area contributed by atoms with Gasteiger partial charge in [0.25, 0.3) is 0 Å². The van der Waals surface area contributed by atoms with Crippen molar-refractivity contribution in [3.63, 3.8) is 0 Å². The lowest BCUT2D eigenvalue weighted by atomic mass is 9.34. The van der Waals surface area contributed by atoms with Crippen LogP contribution in [0.2, 0.25) is 0 Å². The first-order chi connectivity index (χ1) is 12.0. The summed E-state index contributed by atoms with van der Waals surface area (Å²) in [6.07, 6.45) is 8.89. The van der Waals surface area contributed by atoms with Crippen molar-refractivity contribution in [3.8, 4) is 6.01 Å². The third kappa shape index (κ3) is 2.74. The number of nitrogens with one attached hydrogen (secondary N) is 1. The van der Waals surface area contributed by atoms with Gasteiger partial charge in [0, 0.05) is 6.54 Å². The fraction of sp³-hybridized carbons (Fsp3) is 0.722. The number of aromatic nitrogens is 4. The summed E-state index contributed by atoms with van der Waals surface area (Å²) >= 11 is 0. The van der Waals surface area contributed by atoms with E-state index >= 15 is 0 Å². The van der Waals surface area contributed by atoms with E-state index in [0.29, 0.717) is 28.3 Å². The smallest absolute Gasteiger partial charge is 0.336 e. The molecule has 3 saturated carbocycles. The van der Waals surface area contributed by atoms with Crippen molar-refractivity contribution < 1.29 is 4.74 Å². The number of nitrogen functional groups attached to an aromatic ring is 1. The third-order valence-corrected chi connectivity index (χ3v) is 5.80. The molecule has 0 unspecified atom stereocenters. The van der Waals surface area contributed by atoms with E-state index < -0.39 is 0 Å². The molecule has 5 rings (SSSR count). The molecule has 3 N–H and O–H groups in total. The second-order valence-corrected chi connectivity index (χ2v) is 8.22. The van der Waals surface area contributed by atoms with Gasteiger partial charge in [0.2, 0.25) is 0 Å². The predicted octanol–water partition coefficient (Wildman–Crippen LogP) is 2.21. The summed E-state index contributed by atoms with van der Waals surface area (Å²) in [6, 6.07) is 0.342. The molecule has 0 aromatic carbocycles. The van der Waals surface area contributed by atoms with Gasteiger partial charge >= 0.3 is 6.01 Å². The average molecular weight is 344 g/mol. The van der Waals surface area contributed by atoms with Crippen LogP contribution >= 0.6 is 0 Å². The zero-order chi connectivity index (χ0) is 17.7. The second-order valence-electron chi connectivity index (χ2n) is 8.22. The van der Waals surface area contributed by atoms with E-state index in [9.17, 15) is 0 Å². The molecule has 2 bridgehead atoms. The van der Waals surface area contributed by atoms with Crippen LogP contribution in [0.25, 0.3) is 5.65 Å². The molecule has 0 aliphatic heterocycles. The number of hydrogen-bond donors (Lipinski definition) is 2. The first-order valence-electron chi connectivity index (χ1n) is 9.30. The highest BCUT2D eigenvalue weighted by Gasteiger charge is 2.66. The van der Waals surface area contributed by atoms with Gasteiger partial charge in [-0.15, -0.1) is 5.10 Å². The zero-order valence-corrected chi connectivity index (χ0v) is 15.4. The zero-order valence-electron chi connectivity index (χ0n) is 15.4. The predicted molar refractivity (Wildman–Crippen MR) is 96.5 cm³/mol. The molecular formula is C18H28N6O. The molecular weight excluding hydrogens is 316 g/mol. The van der Waals surface area contributed by atoms with Gasteiger partial charge in [-0.2, -0.15) is 4.98 Å². The number of fused-ring (bicyclic) bond motifs is 1. The Labute approximate surface area is 148 Å². The molecule has 3 fully saturated rings. The molecule has 2 aromatic rings. The summed E-state index contributed by atoms with van der Waals surface area (Å²) in [5.74, 6) is 0.379. The van der Waals surface area contributed by atoms with Crippen LogP contribution in [0.1, 0.15) is 51.6 Å². The van der Waals surface area contributed by atoms with Crippen molar-refractivity contribution in [2.45, 2.75) is 58.5 Å². The van der Waals surface area contributed by atoms with E-state index in [1.54, 1.807) is 0 Å². The summed E-state index contributed by atoms with van der Waals surface area (Å²) in [6.45, 7) is 5.30. The molecule has 25 heavy (non-hydrogen) atoms. The number of hydrogen-bond acceptors (Lipinski definition) is 6. The Bertz CT molecular complexity index is 765. The van der Waals surface area contributed by atoms with Crippen LogP contribution in [0.4, 0.5) is 5.82 Å². The number of anilines is 1. The summed E-state index contributed by atoms with van der Waals surface area (Å²) in [5, 5.41) is 7.89. The van der Waals surface area contributed by atoms with E-state index in [4.69, 9.17) is 10.5 Å². The second kappa shape index (κ2) is 5.83. The molecule has 0 spiro atoms. The maximum absolute atomic E-state index is 6.08. The quantitative estimate of drug-likeness (QED) is 0.763.